The van der Waals surface area contributed by atoms with Crippen LogP contribution in [-0.2, 0) is 11.3 Å². The van der Waals surface area contributed by atoms with Crippen LogP contribution < -0.4 is 11.1 Å². The highest BCUT2D eigenvalue weighted by Crippen LogP contribution is 2.24. The maximum absolute atomic E-state index is 12.0. The number of rotatable bonds is 5. The summed E-state index contributed by atoms with van der Waals surface area (Å²) in [6.45, 7) is 2.92. The first kappa shape index (κ1) is 15.9. The van der Waals surface area contributed by atoms with Crippen molar-refractivity contribution < 1.29 is 4.79 Å². The molecule has 0 fully saturated rings. The van der Waals surface area contributed by atoms with Gasteiger partial charge in [0.15, 0.2) is 0 Å². The van der Waals surface area contributed by atoms with E-state index >= 15 is 0 Å². The lowest BCUT2D eigenvalue weighted by atomic mass is 10.3. The summed E-state index contributed by atoms with van der Waals surface area (Å²) in [7, 11) is 1.90. The van der Waals surface area contributed by atoms with Crippen LogP contribution in [0.15, 0.2) is 28.1 Å². The molecule has 1 aromatic heterocycles. The van der Waals surface area contributed by atoms with E-state index in [2.05, 4.69) is 26.2 Å². The van der Waals surface area contributed by atoms with Crippen LogP contribution in [0.3, 0.4) is 0 Å². The summed E-state index contributed by atoms with van der Waals surface area (Å²) >= 11 is 5.00. The van der Waals surface area contributed by atoms with E-state index in [0.717, 1.165) is 15.2 Å². The smallest absolute Gasteiger partial charge is 0.238 e. The van der Waals surface area contributed by atoms with E-state index in [1.165, 1.54) is 0 Å². The van der Waals surface area contributed by atoms with Gasteiger partial charge in [-0.1, -0.05) is 0 Å². The third-order valence-electron chi connectivity index (χ3n) is 2.78. The minimum Gasteiger partial charge on any atom is -0.399 e. The van der Waals surface area contributed by atoms with Gasteiger partial charge in [0.1, 0.15) is 0 Å². The van der Waals surface area contributed by atoms with E-state index in [-0.39, 0.29) is 5.91 Å². The molecule has 0 aliphatic rings. The van der Waals surface area contributed by atoms with Crippen molar-refractivity contribution in [2.75, 3.05) is 24.6 Å². The lowest BCUT2D eigenvalue weighted by molar-refractivity contribution is -0.117. The summed E-state index contributed by atoms with van der Waals surface area (Å²) in [5, 5.41) is 5.91. The fraction of sp³-hybridized carbons (Fsp3) is 0.286. The van der Waals surface area contributed by atoms with Crippen molar-refractivity contribution in [2.24, 2.45) is 0 Å². The summed E-state index contributed by atoms with van der Waals surface area (Å²) in [4.78, 5) is 18.3. The van der Waals surface area contributed by atoms with Crippen molar-refractivity contribution >= 4 is 44.5 Å². The van der Waals surface area contributed by atoms with Crippen LogP contribution in [0, 0.1) is 6.92 Å². The van der Waals surface area contributed by atoms with Gasteiger partial charge in [-0.05, 0) is 48.1 Å². The van der Waals surface area contributed by atoms with Crippen molar-refractivity contribution in [3.05, 3.63) is 38.8 Å². The fourth-order valence-electron chi connectivity index (χ4n) is 1.88. The molecule has 1 heterocycles. The number of aryl methyl sites for hydroxylation is 1. The maximum atomic E-state index is 12.0. The normalized spacial score (nSPS) is 10.9. The average molecular weight is 369 g/mol. The van der Waals surface area contributed by atoms with E-state index in [1.54, 1.807) is 29.5 Å². The van der Waals surface area contributed by atoms with Gasteiger partial charge in [0.2, 0.25) is 5.91 Å². The second-order valence-electron chi connectivity index (χ2n) is 4.82. The standard InChI is InChI=1S/C14H17BrN4OS/c1-9-17-11(8-21-9)6-19(2)7-14(20)18-13-4-3-10(16)5-12(13)15/h3-5,8H,6-7,16H2,1-2H3,(H,18,20). The first-order valence-corrected chi connectivity index (χ1v) is 8.05. The second kappa shape index (κ2) is 7.02. The molecule has 1 amide bonds. The molecule has 0 aliphatic heterocycles. The third-order valence-corrected chi connectivity index (χ3v) is 4.26. The number of nitrogen functional groups attached to an aromatic ring is 1. The fourth-order valence-corrected chi connectivity index (χ4v) is 2.98. The van der Waals surface area contributed by atoms with Gasteiger partial charge >= 0.3 is 0 Å². The number of carbonyl (C=O) groups excluding carboxylic acids is 1. The summed E-state index contributed by atoms with van der Waals surface area (Å²) in [6.07, 6.45) is 0. The maximum Gasteiger partial charge on any atom is 0.238 e. The third kappa shape index (κ3) is 4.80. The van der Waals surface area contributed by atoms with Crippen molar-refractivity contribution in [1.29, 1.82) is 0 Å². The lowest BCUT2D eigenvalue weighted by Gasteiger charge is -2.15. The Bertz CT molecular complexity index is 644. The van der Waals surface area contributed by atoms with E-state index in [1.807, 2.05) is 24.3 Å². The molecule has 0 unspecified atom stereocenters. The molecule has 1 aromatic carbocycles. The van der Waals surface area contributed by atoms with Gasteiger partial charge in [0, 0.05) is 22.1 Å². The van der Waals surface area contributed by atoms with Crippen LogP contribution in [0.5, 0.6) is 0 Å². The van der Waals surface area contributed by atoms with Crippen LogP contribution in [-0.4, -0.2) is 29.4 Å². The molecule has 21 heavy (non-hydrogen) atoms. The Balaban J connectivity index is 1.89. The van der Waals surface area contributed by atoms with Gasteiger partial charge in [0.25, 0.3) is 0 Å². The molecule has 2 rings (SSSR count). The largest absolute Gasteiger partial charge is 0.399 e. The second-order valence-corrected chi connectivity index (χ2v) is 6.73. The monoisotopic (exact) mass is 368 g/mol. The summed E-state index contributed by atoms with van der Waals surface area (Å²) < 4.78 is 0.772. The molecule has 0 spiro atoms. The predicted octanol–water partition coefficient (Wildman–Crippen LogP) is 2.87. The van der Waals surface area contributed by atoms with Crippen molar-refractivity contribution in [3.8, 4) is 0 Å². The number of likely N-dealkylation sites (N-methyl/N-ethyl adjacent to an activating group) is 1. The number of hydrogen-bond acceptors (Lipinski definition) is 5. The molecule has 2 aromatic rings. The predicted molar refractivity (Wildman–Crippen MR) is 90.4 cm³/mol. The highest BCUT2D eigenvalue weighted by molar-refractivity contribution is 9.10. The van der Waals surface area contributed by atoms with Crippen LogP contribution in [0.25, 0.3) is 0 Å². The minimum absolute atomic E-state index is 0.0741. The number of amides is 1. The van der Waals surface area contributed by atoms with Crippen LogP contribution >= 0.6 is 27.3 Å². The molecule has 5 nitrogen and oxygen atoms in total. The Morgan fingerprint density at radius 1 is 1.52 bits per heavy atom. The zero-order valence-corrected chi connectivity index (χ0v) is 14.3. The average Bonchev–Trinajstić information content (AvgIpc) is 2.78. The molecule has 112 valence electrons. The van der Waals surface area contributed by atoms with Crippen molar-refractivity contribution in [2.45, 2.75) is 13.5 Å². The van der Waals surface area contributed by atoms with Gasteiger partial charge in [0.05, 0.1) is 22.9 Å². The zero-order chi connectivity index (χ0) is 15.4. The lowest BCUT2D eigenvalue weighted by Crippen LogP contribution is -2.30. The number of nitrogens with zero attached hydrogens (tertiary/aromatic N) is 2. The Hall–Kier alpha value is -1.44. The van der Waals surface area contributed by atoms with E-state index in [0.29, 0.717) is 24.5 Å². The van der Waals surface area contributed by atoms with E-state index in [4.69, 9.17) is 5.73 Å². The van der Waals surface area contributed by atoms with Crippen LogP contribution in [0.1, 0.15) is 10.7 Å². The van der Waals surface area contributed by atoms with E-state index < -0.39 is 0 Å². The highest BCUT2D eigenvalue weighted by Gasteiger charge is 2.10. The Morgan fingerprint density at radius 3 is 2.90 bits per heavy atom. The highest BCUT2D eigenvalue weighted by atomic mass is 79.9. The number of benzene rings is 1. The summed E-state index contributed by atoms with van der Waals surface area (Å²) in [5.41, 5.74) is 8.02. The molecule has 0 saturated heterocycles. The quantitative estimate of drug-likeness (QED) is 0.795. The molecule has 0 saturated carbocycles. The number of aromatic nitrogens is 1. The topological polar surface area (TPSA) is 71.2 Å². The number of nitrogens with two attached hydrogens (primary N) is 1. The Morgan fingerprint density at radius 2 is 2.29 bits per heavy atom. The Kier molecular flexibility index (Phi) is 5.33. The number of hydrogen-bond donors (Lipinski definition) is 2. The van der Waals surface area contributed by atoms with Crippen molar-refractivity contribution in [3.63, 3.8) is 0 Å². The SMILES string of the molecule is Cc1nc(CN(C)CC(=O)Nc2ccc(N)cc2Br)cs1. The Labute approximate surface area is 136 Å². The van der Waals surface area contributed by atoms with Gasteiger partial charge in [-0.15, -0.1) is 11.3 Å². The molecular formula is C14H17BrN4OS. The number of anilines is 2. The van der Waals surface area contributed by atoms with Crippen LogP contribution in [0.2, 0.25) is 0 Å². The molecule has 0 bridgehead atoms. The first-order valence-electron chi connectivity index (χ1n) is 6.38. The minimum atomic E-state index is -0.0741. The molecular weight excluding hydrogens is 352 g/mol. The molecule has 3 N–H and O–H groups in total. The number of halogens is 1. The number of nitrogens with one attached hydrogen (secondary N) is 1. The molecule has 0 radical (unpaired) electrons. The van der Waals surface area contributed by atoms with Gasteiger partial charge in [-0.2, -0.15) is 0 Å². The molecule has 7 heteroatoms. The number of carbonyl (C=O) groups is 1. The molecule has 0 atom stereocenters. The van der Waals surface area contributed by atoms with Crippen molar-refractivity contribution in [1.82, 2.24) is 9.88 Å². The first-order chi connectivity index (χ1) is 9.94. The zero-order valence-electron chi connectivity index (χ0n) is 11.9. The molecule has 0 aliphatic carbocycles. The van der Waals surface area contributed by atoms with Crippen LogP contribution in [0.4, 0.5) is 11.4 Å². The van der Waals surface area contributed by atoms with Gasteiger partial charge < -0.3 is 11.1 Å². The van der Waals surface area contributed by atoms with Gasteiger partial charge in [-0.3, -0.25) is 9.69 Å². The van der Waals surface area contributed by atoms with Gasteiger partial charge in [-0.25, -0.2) is 4.98 Å². The number of thiazole rings is 1. The summed E-state index contributed by atoms with van der Waals surface area (Å²) in [5.74, 6) is -0.0741. The summed E-state index contributed by atoms with van der Waals surface area (Å²) in [6, 6.07) is 5.29. The van der Waals surface area contributed by atoms with E-state index in [9.17, 15) is 4.79 Å².